The van der Waals surface area contributed by atoms with Crippen LogP contribution in [0.4, 0.5) is 0 Å². The number of rotatable bonds is 3. The number of hydrogen-bond acceptors (Lipinski definition) is 2. The number of nitrogens with zero attached hydrogens (tertiary/aromatic N) is 2. The second-order valence-electron chi connectivity index (χ2n) is 4.09. The number of carboxylic acids is 1. The zero-order chi connectivity index (χ0) is 12.4. The predicted molar refractivity (Wildman–Crippen MR) is 71.5 cm³/mol. The molecule has 0 saturated heterocycles. The van der Waals surface area contributed by atoms with E-state index in [0.29, 0.717) is 12.1 Å². The molecular formula is C13H15ClN2O2. The number of halogens is 1. The average molecular weight is 267 g/mol. The van der Waals surface area contributed by atoms with Gasteiger partial charge in [-0.05, 0) is 37.6 Å². The summed E-state index contributed by atoms with van der Waals surface area (Å²) in [6, 6.07) is 8.89. The van der Waals surface area contributed by atoms with E-state index in [9.17, 15) is 4.79 Å². The van der Waals surface area contributed by atoms with Crippen LogP contribution >= 0.6 is 12.4 Å². The highest BCUT2D eigenvalue weighted by Crippen LogP contribution is 2.09. The molecule has 0 amide bonds. The second-order valence-corrected chi connectivity index (χ2v) is 4.09. The summed E-state index contributed by atoms with van der Waals surface area (Å²) in [6.45, 7) is 4.63. The van der Waals surface area contributed by atoms with Crippen LogP contribution in [0.5, 0.6) is 0 Å². The lowest BCUT2D eigenvalue weighted by Gasteiger charge is -2.04. The van der Waals surface area contributed by atoms with Crippen molar-refractivity contribution in [2.45, 2.75) is 20.4 Å². The summed E-state index contributed by atoms with van der Waals surface area (Å²) < 4.78 is 1.91. The van der Waals surface area contributed by atoms with Crippen LogP contribution in [0, 0.1) is 13.8 Å². The van der Waals surface area contributed by atoms with Gasteiger partial charge in [-0.2, -0.15) is 5.10 Å². The van der Waals surface area contributed by atoms with Gasteiger partial charge in [0.1, 0.15) is 0 Å². The third-order valence-corrected chi connectivity index (χ3v) is 2.64. The van der Waals surface area contributed by atoms with Gasteiger partial charge in [0.05, 0.1) is 17.8 Å². The van der Waals surface area contributed by atoms with E-state index in [2.05, 4.69) is 5.10 Å². The summed E-state index contributed by atoms with van der Waals surface area (Å²) in [4.78, 5) is 10.7. The van der Waals surface area contributed by atoms with Crippen molar-refractivity contribution in [3.8, 4) is 0 Å². The molecule has 2 aromatic rings. The molecule has 0 radical (unpaired) electrons. The Morgan fingerprint density at radius 1 is 1.28 bits per heavy atom. The highest BCUT2D eigenvalue weighted by Gasteiger charge is 2.04. The van der Waals surface area contributed by atoms with Gasteiger partial charge in [0.15, 0.2) is 0 Å². The number of carboxylic acid groups (broad SMARTS) is 1. The molecule has 1 N–H and O–H groups in total. The van der Waals surface area contributed by atoms with Crippen molar-refractivity contribution in [1.82, 2.24) is 9.78 Å². The zero-order valence-electron chi connectivity index (χ0n) is 10.3. The summed E-state index contributed by atoms with van der Waals surface area (Å²) in [7, 11) is 0. The van der Waals surface area contributed by atoms with Crippen molar-refractivity contribution >= 4 is 18.4 Å². The highest BCUT2D eigenvalue weighted by atomic mass is 35.5. The first kappa shape index (κ1) is 14.3. The van der Waals surface area contributed by atoms with Crippen LogP contribution in [-0.2, 0) is 6.54 Å². The van der Waals surface area contributed by atoms with Gasteiger partial charge in [-0.3, -0.25) is 4.68 Å². The summed E-state index contributed by atoms with van der Waals surface area (Å²) in [5.41, 5.74) is 3.44. The zero-order valence-corrected chi connectivity index (χ0v) is 11.1. The third-order valence-electron chi connectivity index (χ3n) is 2.64. The SMILES string of the molecule is Cc1cc(C)n(Cc2ccc(C(=O)O)cc2)n1.Cl. The molecule has 1 aromatic carbocycles. The lowest BCUT2D eigenvalue weighted by molar-refractivity contribution is 0.0697. The minimum atomic E-state index is -0.900. The van der Waals surface area contributed by atoms with E-state index in [4.69, 9.17) is 5.11 Å². The van der Waals surface area contributed by atoms with E-state index in [1.807, 2.05) is 36.7 Å². The largest absolute Gasteiger partial charge is 0.478 e. The Morgan fingerprint density at radius 3 is 2.33 bits per heavy atom. The van der Waals surface area contributed by atoms with Gasteiger partial charge < -0.3 is 5.11 Å². The van der Waals surface area contributed by atoms with E-state index in [-0.39, 0.29) is 12.4 Å². The Labute approximate surface area is 112 Å². The fourth-order valence-corrected chi connectivity index (χ4v) is 1.76. The Kier molecular flexibility index (Phi) is 4.50. The van der Waals surface area contributed by atoms with Crippen molar-refractivity contribution in [3.05, 3.63) is 52.8 Å². The third kappa shape index (κ3) is 3.11. The first-order valence-corrected chi connectivity index (χ1v) is 5.39. The van der Waals surface area contributed by atoms with Crippen molar-refractivity contribution in [2.24, 2.45) is 0 Å². The van der Waals surface area contributed by atoms with E-state index in [1.165, 1.54) is 0 Å². The number of aromatic carboxylic acids is 1. The van der Waals surface area contributed by atoms with Gasteiger partial charge in [-0.1, -0.05) is 12.1 Å². The van der Waals surface area contributed by atoms with E-state index in [0.717, 1.165) is 17.0 Å². The molecule has 0 saturated carbocycles. The molecule has 4 nitrogen and oxygen atoms in total. The van der Waals surface area contributed by atoms with Crippen molar-refractivity contribution in [3.63, 3.8) is 0 Å². The maximum Gasteiger partial charge on any atom is 0.335 e. The molecule has 0 aliphatic heterocycles. The molecule has 0 fully saturated rings. The van der Waals surface area contributed by atoms with Crippen molar-refractivity contribution < 1.29 is 9.90 Å². The van der Waals surface area contributed by atoms with E-state index in [1.54, 1.807) is 12.1 Å². The predicted octanol–water partition coefficient (Wildman–Crippen LogP) is 2.67. The van der Waals surface area contributed by atoms with Crippen LogP contribution in [0.2, 0.25) is 0 Å². The van der Waals surface area contributed by atoms with Crippen LogP contribution in [0.25, 0.3) is 0 Å². The Morgan fingerprint density at radius 2 is 1.89 bits per heavy atom. The smallest absolute Gasteiger partial charge is 0.335 e. The lowest BCUT2D eigenvalue weighted by atomic mass is 10.1. The molecule has 5 heteroatoms. The van der Waals surface area contributed by atoms with Gasteiger partial charge in [0.25, 0.3) is 0 Å². The van der Waals surface area contributed by atoms with Gasteiger partial charge in [0, 0.05) is 5.69 Å². The summed E-state index contributed by atoms with van der Waals surface area (Å²) in [6.07, 6.45) is 0. The first-order valence-electron chi connectivity index (χ1n) is 5.39. The Hall–Kier alpha value is -1.81. The number of aryl methyl sites for hydroxylation is 2. The molecule has 0 aliphatic carbocycles. The van der Waals surface area contributed by atoms with Crippen molar-refractivity contribution in [2.75, 3.05) is 0 Å². The van der Waals surface area contributed by atoms with Gasteiger partial charge in [0.2, 0.25) is 0 Å². The first-order chi connectivity index (χ1) is 8.06. The molecule has 0 bridgehead atoms. The van der Waals surface area contributed by atoms with Crippen LogP contribution in [0.3, 0.4) is 0 Å². The van der Waals surface area contributed by atoms with Crippen LogP contribution in [-0.4, -0.2) is 20.9 Å². The Bertz CT molecular complexity index is 547. The lowest BCUT2D eigenvalue weighted by Crippen LogP contribution is -2.04. The minimum Gasteiger partial charge on any atom is -0.478 e. The number of benzene rings is 1. The quantitative estimate of drug-likeness (QED) is 0.929. The second kappa shape index (κ2) is 5.69. The average Bonchev–Trinajstić information content (AvgIpc) is 2.58. The van der Waals surface area contributed by atoms with Gasteiger partial charge >= 0.3 is 5.97 Å². The van der Waals surface area contributed by atoms with Gasteiger partial charge in [-0.25, -0.2) is 4.79 Å². The molecule has 2 rings (SSSR count). The molecule has 0 aliphatic rings. The molecular weight excluding hydrogens is 252 g/mol. The fourth-order valence-electron chi connectivity index (χ4n) is 1.76. The molecule has 0 spiro atoms. The van der Waals surface area contributed by atoms with Crippen LogP contribution in [0.1, 0.15) is 27.3 Å². The van der Waals surface area contributed by atoms with Gasteiger partial charge in [-0.15, -0.1) is 12.4 Å². The van der Waals surface area contributed by atoms with E-state index >= 15 is 0 Å². The Balaban J connectivity index is 0.00000162. The number of carbonyl (C=O) groups is 1. The number of aromatic nitrogens is 2. The van der Waals surface area contributed by atoms with E-state index < -0.39 is 5.97 Å². The highest BCUT2D eigenvalue weighted by molar-refractivity contribution is 5.87. The van der Waals surface area contributed by atoms with Crippen molar-refractivity contribution in [1.29, 1.82) is 0 Å². The molecule has 96 valence electrons. The molecule has 0 unspecified atom stereocenters. The molecule has 0 atom stereocenters. The topological polar surface area (TPSA) is 55.1 Å². The normalized spacial score (nSPS) is 9.89. The molecule has 18 heavy (non-hydrogen) atoms. The maximum atomic E-state index is 10.7. The van der Waals surface area contributed by atoms with Crippen LogP contribution < -0.4 is 0 Å². The molecule has 1 aromatic heterocycles. The minimum absolute atomic E-state index is 0. The summed E-state index contributed by atoms with van der Waals surface area (Å²) in [5, 5.41) is 13.2. The fraction of sp³-hybridized carbons (Fsp3) is 0.231. The number of hydrogen-bond donors (Lipinski definition) is 1. The maximum absolute atomic E-state index is 10.7. The monoisotopic (exact) mass is 266 g/mol. The summed E-state index contributed by atoms with van der Waals surface area (Å²) in [5.74, 6) is -0.900. The molecule has 1 heterocycles. The van der Waals surface area contributed by atoms with Crippen LogP contribution in [0.15, 0.2) is 30.3 Å². The summed E-state index contributed by atoms with van der Waals surface area (Å²) >= 11 is 0. The standard InChI is InChI=1S/C13H14N2O2.ClH/c1-9-7-10(2)15(14-9)8-11-3-5-12(6-4-11)13(16)17;/h3-7H,8H2,1-2H3,(H,16,17);1H.